The highest BCUT2D eigenvalue weighted by Gasteiger charge is 2.79. The molecule has 1 amide bonds. The molecule has 2 saturated heterocycles. The molecule has 1 aliphatic carbocycles. The highest BCUT2D eigenvalue weighted by atomic mass is 16.6. The van der Waals surface area contributed by atoms with Crippen molar-refractivity contribution in [3.8, 4) is 0 Å². The number of aliphatic hydroxyl groups is 1. The fraction of sp³-hybridized carbons (Fsp3) is 0.765. The molecule has 22 heavy (non-hydrogen) atoms. The molecule has 5 nitrogen and oxygen atoms in total. The minimum absolute atomic E-state index is 0.105. The number of carbonyl (C=O) groups excluding carboxylic acids is 2. The topological polar surface area (TPSA) is 75.6 Å². The van der Waals surface area contributed by atoms with Gasteiger partial charge in [0, 0.05) is 5.92 Å². The zero-order chi connectivity index (χ0) is 16.0. The maximum Gasteiger partial charge on any atom is 0.339 e. The number of rotatable bonds is 5. The number of amides is 1. The summed E-state index contributed by atoms with van der Waals surface area (Å²) in [6.07, 6.45) is 8.48. The van der Waals surface area contributed by atoms with Crippen LogP contribution in [0, 0.1) is 11.8 Å². The molecular formula is C17H25NO4. The standard InChI is InChI=1S/C17H25NO4/c1-3-4-10-12-14(20)18-17(15(21)22-16(12,17)2)13(19)11-8-6-5-7-9-11/h6,8,11-13,19H,3-5,7,9-10H2,1-2H3,(H,18,20)/t11-,12+,13-,16+,17+/m1/s1. The third kappa shape index (κ3) is 1.87. The summed E-state index contributed by atoms with van der Waals surface area (Å²) < 4.78 is 5.44. The van der Waals surface area contributed by atoms with Gasteiger partial charge in [0.1, 0.15) is 0 Å². The fourth-order valence-electron chi connectivity index (χ4n) is 4.29. The Hall–Kier alpha value is -1.36. The average Bonchev–Trinajstić information content (AvgIpc) is 2.69. The first-order valence-electron chi connectivity index (χ1n) is 8.37. The summed E-state index contributed by atoms with van der Waals surface area (Å²) in [6.45, 7) is 3.86. The van der Waals surface area contributed by atoms with E-state index in [1.54, 1.807) is 6.92 Å². The number of nitrogens with one attached hydrogen (secondary N) is 1. The lowest BCUT2D eigenvalue weighted by atomic mass is 9.64. The van der Waals surface area contributed by atoms with Gasteiger partial charge in [-0.05, 0) is 32.6 Å². The molecule has 0 aromatic heterocycles. The molecule has 2 N–H and O–H groups in total. The molecule has 0 spiro atoms. The van der Waals surface area contributed by atoms with E-state index in [-0.39, 0.29) is 17.7 Å². The van der Waals surface area contributed by atoms with E-state index in [2.05, 4.69) is 12.2 Å². The van der Waals surface area contributed by atoms with E-state index >= 15 is 0 Å². The molecule has 0 aromatic carbocycles. The van der Waals surface area contributed by atoms with Gasteiger partial charge in [-0.25, -0.2) is 4.79 Å². The van der Waals surface area contributed by atoms with Crippen LogP contribution in [0.1, 0.15) is 52.4 Å². The van der Waals surface area contributed by atoms with Crippen LogP contribution in [0.25, 0.3) is 0 Å². The monoisotopic (exact) mass is 307 g/mol. The molecule has 5 atom stereocenters. The van der Waals surface area contributed by atoms with Gasteiger partial charge in [0.2, 0.25) is 11.4 Å². The molecule has 3 aliphatic rings. The fourth-order valence-corrected chi connectivity index (χ4v) is 4.29. The van der Waals surface area contributed by atoms with E-state index in [1.165, 1.54) is 0 Å². The summed E-state index contributed by atoms with van der Waals surface area (Å²) in [5.74, 6) is -1.13. The lowest BCUT2D eigenvalue weighted by molar-refractivity contribution is -0.238. The lowest BCUT2D eigenvalue weighted by Crippen LogP contribution is -2.80. The molecule has 3 rings (SSSR count). The largest absolute Gasteiger partial charge is 0.453 e. The summed E-state index contributed by atoms with van der Waals surface area (Å²) >= 11 is 0. The van der Waals surface area contributed by atoms with Crippen molar-refractivity contribution in [2.75, 3.05) is 0 Å². The van der Waals surface area contributed by atoms with Crippen LogP contribution in [0.2, 0.25) is 0 Å². The number of fused-ring (bicyclic) bond motifs is 1. The maximum atomic E-state index is 12.4. The maximum absolute atomic E-state index is 12.4. The summed E-state index contributed by atoms with van der Waals surface area (Å²) in [5, 5.41) is 13.7. The van der Waals surface area contributed by atoms with Gasteiger partial charge in [0.25, 0.3) is 0 Å². The first-order chi connectivity index (χ1) is 10.5. The first kappa shape index (κ1) is 15.5. The quantitative estimate of drug-likeness (QED) is 0.599. The highest BCUT2D eigenvalue weighted by Crippen LogP contribution is 2.53. The van der Waals surface area contributed by atoms with Crippen molar-refractivity contribution < 1.29 is 19.4 Å². The predicted molar refractivity (Wildman–Crippen MR) is 80.9 cm³/mol. The molecule has 2 aliphatic heterocycles. The normalized spacial score (nSPS) is 41.4. The van der Waals surface area contributed by atoms with Gasteiger partial charge in [0.05, 0.1) is 12.0 Å². The second kappa shape index (κ2) is 5.37. The smallest absolute Gasteiger partial charge is 0.339 e. The number of hydrogen-bond acceptors (Lipinski definition) is 4. The van der Waals surface area contributed by atoms with Gasteiger partial charge in [-0.15, -0.1) is 0 Å². The molecule has 0 radical (unpaired) electrons. The molecule has 0 aromatic rings. The van der Waals surface area contributed by atoms with E-state index in [0.29, 0.717) is 6.42 Å². The number of hydrogen-bond donors (Lipinski definition) is 2. The molecular weight excluding hydrogens is 282 g/mol. The van der Waals surface area contributed by atoms with Crippen LogP contribution in [0.15, 0.2) is 12.2 Å². The van der Waals surface area contributed by atoms with Crippen molar-refractivity contribution in [1.29, 1.82) is 0 Å². The van der Waals surface area contributed by atoms with Gasteiger partial charge in [-0.1, -0.05) is 31.9 Å². The second-order valence-electron chi connectivity index (χ2n) is 6.96. The molecule has 122 valence electrons. The Balaban J connectivity index is 1.90. The van der Waals surface area contributed by atoms with Crippen molar-refractivity contribution in [3.63, 3.8) is 0 Å². The Morgan fingerprint density at radius 2 is 2.27 bits per heavy atom. The van der Waals surface area contributed by atoms with Gasteiger partial charge in [-0.2, -0.15) is 0 Å². The molecule has 5 heteroatoms. The number of carbonyl (C=O) groups is 2. The van der Waals surface area contributed by atoms with Gasteiger partial charge in [-0.3, -0.25) is 4.79 Å². The van der Waals surface area contributed by atoms with Crippen molar-refractivity contribution >= 4 is 11.9 Å². The van der Waals surface area contributed by atoms with Crippen molar-refractivity contribution in [2.24, 2.45) is 11.8 Å². The Bertz CT molecular complexity index is 517. The highest BCUT2D eigenvalue weighted by molar-refractivity contribution is 6.01. The number of unbranched alkanes of at least 4 members (excludes halogenated alkanes) is 1. The third-order valence-corrected chi connectivity index (χ3v) is 5.70. The van der Waals surface area contributed by atoms with Gasteiger partial charge >= 0.3 is 5.97 Å². The minimum Gasteiger partial charge on any atom is -0.453 e. The van der Waals surface area contributed by atoms with E-state index in [4.69, 9.17) is 4.74 Å². The van der Waals surface area contributed by atoms with Crippen LogP contribution in [0.5, 0.6) is 0 Å². The van der Waals surface area contributed by atoms with E-state index < -0.39 is 23.2 Å². The Morgan fingerprint density at radius 3 is 2.86 bits per heavy atom. The number of esters is 1. The van der Waals surface area contributed by atoms with E-state index in [9.17, 15) is 14.7 Å². The van der Waals surface area contributed by atoms with Gasteiger partial charge in [0.15, 0.2) is 5.60 Å². The van der Waals surface area contributed by atoms with Crippen LogP contribution in [0.4, 0.5) is 0 Å². The number of ether oxygens (including phenoxy) is 1. The average molecular weight is 307 g/mol. The summed E-state index contributed by atoms with van der Waals surface area (Å²) in [5.41, 5.74) is -2.20. The van der Waals surface area contributed by atoms with Crippen LogP contribution < -0.4 is 5.32 Å². The lowest BCUT2D eigenvalue weighted by Gasteiger charge is -2.54. The Kier molecular flexibility index (Phi) is 3.79. The van der Waals surface area contributed by atoms with Crippen LogP contribution in [0.3, 0.4) is 0 Å². The first-order valence-corrected chi connectivity index (χ1v) is 8.37. The summed E-state index contributed by atoms with van der Waals surface area (Å²) in [6, 6.07) is 0. The van der Waals surface area contributed by atoms with Crippen molar-refractivity contribution in [1.82, 2.24) is 5.32 Å². The molecule has 2 heterocycles. The van der Waals surface area contributed by atoms with Crippen molar-refractivity contribution in [3.05, 3.63) is 12.2 Å². The Labute approximate surface area is 131 Å². The molecule has 0 bridgehead atoms. The second-order valence-corrected chi connectivity index (χ2v) is 6.96. The molecule has 2 fully saturated rings. The minimum atomic E-state index is -1.27. The van der Waals surface area contributed by atoms with E-state index in [1.807, 2.05) is 12.2 Å². The molecule has 0 unspecified atom stereocenters. The number of allylic oxidation sites excluding steroid dienone is 1. The third-order valence-electron chi connectivity index (χ3n) is 5.70. The summed E-state index contributed by atoms with van der Waals surface area (Å²) in [4.78, 5) is 24.7. The molecule has 0 saturated carbocycles. The zero-order valence-corrected chi connectivity index (χ0v) is 13.3. The Morgan fingerprint density at radius 1 is 1.50 bits per heavy atom. The number of aliphatic hydroxyl groups excluding tert-OH is 1. The predicted octanol–water partition coefficient (Wildman–Crippen LogP) is 1.69. The van der Waals surface area contributed by atoms with Crippen LogP contribution in [-0.4, -0.2) is 34.2 Å². The van der Waals surface area contributed by atoms with Crippen LogP contribution in [-0.2, 0) is 14.3 Å². The van der Waals surface area contributed by atoms with E-state index in [0.717, 1.165) is 32.1 Å². The SMILES string of the molecule is CCCC[C@H]1C(=O)N[C@@]2([C@H](O)[C@@H]3C=CCCC3)C(=O)O[C@@]12C. The van der Waals surface area contributed by atoms with Gasteiger partial charge < -0.3 is 15.2 Å². The van der Waals surface area contributed by atoms with Crippen LogP contribution >= 0.6 is 0 Å². The van der Waals surface area contributed by atoms with Crippen molar-refractivity contribution in [2.45, 2.75) is 69.6 Å². The summed E-state index contributed by atoms with van der Waals surface area (Å²) in [7, 11) is 0. The zero-order valence-electron chi connectivity index (χ0n) is 13.3.